The highest BCUT2D eigenvalue weighted by Gasteiger charge is 2.33. The van der Waals surface area contributed by atoms with Crippen LogP contribution in [-0.4, -0.2) is 27.7 Å². The van der Waals surface area contributed by atoms with Crippen molar-refractivity contribution in [1.82, 2.24) is 10.0 Å². The Labute approximate surface area is 202 Å². The fraction of sp³-hybridized carbons (Fsp3) is 0.185. The van der Waals surface area contributed by atoms with E-state index >= 15 is 0 Å². The second-order valence-electron chi connectivity index (χ2n) is 7.91. The van der Waals surface area contributed by atoms with Gasteiger partial charge in [0.25, 0.3) is 0 Å². The van der Waals surface area contributed by atoms with Crippen LogP contribution in [0, 0.1) is 0 Å². The number of carbonyl (C=O) groups is 2. The Morgan fingerprint density at radius 3 is 2.21 bits per heavy atom. The van der Waals surface area contributed by atoms with Crippen molar-refractivity contribution in [1.29, 1.82) is 0 Å². The van der Waals surface area contributed by atoms with Crippen LogP contribution in [-0.2, 0) is 21.9 Å². The second kappa shape index (κ2) is 11.2. The average Bonchev–Trinajstić information content (AvgIpc) is 3.26. The molecule has 1 aromatic heterocycles. The molecule has 34 heavy (non-hydrogen) atoms. The predicted octanol–water partition coefficient (Wildman–Crippen LogP) is 5.37. The maximum absolute atomic E-state index is 13.1. The van der Waals surface area contributed by atoms with Crippen molar-refractivity contribution in [3.8, 4) is 0 Å². The van der Waals surface area contributed by atoms with Gasteiger partial charge in [0.05, 0.1) is 10.8 Å². The van der Waals surface area contributed by atoms with Crippen LogP contribution in [0.4, 0.5) is 0 Å². The smallest absolute Gasteiger partial charge is 0.327 e. The first-order chi connectivity index (χ1) is 16.6. The Balaban J connectivity index is 1.68. The average molecular weight is 475 g/mol. The number of carbonyl (C=O) groups excluding carboxylic acids is 2. The minimum Gasteiger partial charge on any atom is -0.460 e. The van der Waals surface area contributed by atoms with Gasteiger partial charge >= 0.3 is 5.97 Å². The number of esters is 1. The molecular weight excluding hydrogens is 448 g/mol. The minimum absolute atomic E-state index is 0.100. The van der Waals surface area contributed by atoms with E-state index in [2.05, 4.69) is 5.48 Å². The molecular formula is C27H26N2O4S. The van der Waals surface area contributed by atoms with Crippen molar-refractivity contribution in [2.24, 2.45) is 0 Å². The van der Waals surface area contributed by atoms with Gasteiger partial charge in [0.2, 0.25) is 5.91 Å². The molecule has 2 N–H and O–H groups in total. The van der Waals surface area contributed by atoms with Crippen LogP contribution in [0.15, 0.2) is 91.1 Å². The molecule has 0 bridgehead atoms. The topological polar surface area (TPSA) is 80.6 Å². The van der Waals surface area contributed by atoms with E-state index in [1.807, 2.05) is 84.9 Å². The summed E-state index contributed by atoms with van der Waals surface area (Å²) in [6, 6.07) is 25.8. The van der Waals surface area contributed by atoms with E-state index in [4.69, 9.17) is 4.74 Å². The Hall–Kier alpha value is -3.39. The van der Waals surface area contributed by atoms with Crippen LogP contribution in [0.3, 0.4) is 0 Å². The van der Waals surface area contributed by atoms with Crippen molar-refractivity contribution < 1.29 is 19.5 Å². The van der Waals surface area contributed by atoms with Crippen LogP contribution in [0.25, 0.3) is 10.9 Å². The van der Waals surface area contributed by atoms with Gasteiger partial charge in [-0.2, -0.15) is 5.48 Å². The van der Waals surface area contributed by atoms with Crippen LogP contribution in [0.5, 0.6) is 0 Å². The SMILES string of the molecule is CC(=O)n1cc([C@H](SCc2ccccc2)[C@H](NO)C(=O)OCc2ccccc2)c2ccccc21. The third-order valence-corrected chi connectivity index (χ3v) is 6.97. The van der Waals surface area contributed by atoms with Crippen LogP contribution >= 0.6 is 11.8 Å². The molecule has 0 spiro atoms. The number of thioether (sulfide) groups is 1. The molecule has 6 nitrogen and oxygen atoms in total. The Morgan fingerprint density at radius 2 is 1.56 bits per heavy atom. The van der Waals surface area contributed by atoms with E-state index in [1.165, 1.54) is 18.7 Å². The van der Waals surface area contributed by atoms with E-state index in [9.17, 15) is 14.8 Å². The number of benzene rings is 3. The molecule has 0 saturated heterocycles. The fourth-order valence-electron chi connectivity index (χ4n) is 3.88. The number of nitrogens with one attached hydrogen (secondary N) is 1. The van der Waals surface area contributed by atoms with Crippen molar-refractivity contribution in [2.45, 2.75) is 30.6 Å². The highest BCUT2D eigenvalue weighted by atomic mass is 32.2. The van der Waals surface area contributed by atoms with E-state index in [-0.39, 0.29) is 12.5 Å². The number of rotatable bonds is 9. The first kappa shape index (κ1) is 23.8. The lowest BCUT2D eigenvalue weighted by atomic mass is 10.0. The van der Waals surface area contributed by atoms with Gasteiger partial charge in [-0.1, -0.05) is 78.9 Å². The summed E-state index contributed by atoms with van der Waals surface area (Å²) >= 11 is 1.50. The molecule has 0 fully saturated rings. The minimum atomic E-state index is -1.04. The highest BCUT2D eigenvalue weighted by molar-refractivity contribution is 7.98. The lowest BCUT2D eigenvalue weighted by Gasteiger charge is -2.24. The highest BCUT2D eigenvalue weighted by Crippen LogP contribution is 2.39. The monoisotopic (exact) mass is 474 g/mol. The number of aromatic nitrogens is 1. The molecule has 2 atom stereocenters. The Morgan fingerprint density at radius 1 is 0.941 bits per heavy atom. The number of hydroxylamine groups is 1. The zero-order valence-electron chi connectivity index (χ0n) is 18.8. The molecule has 3 aromatic carbocycles. The standard InChI is InChI=1S/C27H26N2O4S/c1-19(30)29-16-23(22-14-8-9-15-24(22)29)26(34-18-21-12-6-3-7-13-21)25(28-32)27(31)33-17-20-10-4-2-5-11-20/h2-16,25-26,28,32H,17-18H2,1H3/t25-,26-/m0/s1. The van der Waals surface area contributed by atoms with E-state index in [0.717, 1.165) is 27.6 Å². The van der Waals surface area contributed by atoms with Gasteiger partial charge in [-0.25, -0.2) is 0 Å². The summed E-state index contributed by atoms with van der Waals surface area (Å²) < 4.78 is 7.13. The molecule has 4 rings (SSSR count). The number of ether oxygens (including phenoxy) is 1. The number of nitrogens with zero attached hydrogens (tertiary/aromatic N) is 1. The van der Waals surface area contributed by atoms with Crippen molar-refractivity contribution in [2.75, 3.05) is 0 Å². The molecule has 7 heteroatoms. The van der Waals surface area contributed by atoms with E-state index in [1.54, 1.807) is 10.8 Å². The molecule has 4 aromatic rings. The third kappa shape index (κ3) is 5.39. The van der Waals surface area contributed by atoms with Gasteiger partial charge in [0.1, 0.15) is 12.6 Å². The molecule has 0 aliphatic heterocycles. The summed E-state index contributed by atoms with van der Waals surface area (Å²) in [5.41, 5.74) is 5.66. The maximum atomic E-state index is 13.1. The second-order valence-corrected chi connectivity index (χ2v) is 9.04. The van der Waals surface area contributed by atoms with Gasteiger partial charge in [-0.15, -0.1) is 11.8 Å². The van der Waals surface area contributed by atoms with E-state index < -0.39 is 17.3 Å². The number of para-hydroxylation sites is 1. The Bertz CT molecular complexity index is 1260. The molecule has 174 valence electrons. The summed E-state index contributed by atoms with van der Waals surface area (Å²) in [6.45, 7) is 1.60. The normalized spacial score (nSPS) is 12.9. The zero-order valence-corrected chi connectivity index (χ0v) is 19.6. The number of fused-ring (bicyclic) bond motifs is 1. The first-order valence-corrected chi connectivity index (χ1v) is 12.0. The summed E-state index contributed by atoms with van der Waals surface area (Å²) in [4.78, 5) is 25.4. The summed E-state index contributed by atoms with van der Waals surface area (Å²) in [5, 5.41) is 10.4. The molecule has 0 aliphatic rings. The van der Waals surface area contributed by atoms with Gasteiger partial charge in [-0.3, -0.25) is 14.2 Å². The lowest BCUT2D eigenvalue weighted by molar-refractivity contribution is -0.150. The van der Waals surface area contributed by atoms with Gasteiger partial charge in [0, 0.05) is 24.3 Å². The van der Waals surface area contributed by atoms with Crippen LogP contribution in [0.2, 0.25) is 0 Å². The largest absolute Gasteiger partial charge is 0.460 e. The van der Waals surface area contributed by atoms with Crippen molar-refractivity contribution in [3.05, 3.63) is 108 Å². The van der Waals surface area contributed by atoms with Crippen LogP contribution in [0.1, 0.15) is 33.7 Å². The van der Waals surface area contributed by atoms with Crippen LogP contribution < -0.4 is 5.48 Å². The Kier molecular flexibility index (Phi) is 7.80. The molecule has 1 heterocycles. The van der Waals surface area contributed by atoms with Gasteiger partial charge in [0.15, 0.2) is 0 Å². The number of hydrogen-bond donors (Lipinski definition) is 2. The fourth-order valence-corrected chi connectivity index (χ4v) is 5.18. The third-order valence-electron chi connectivity index (χ3n) is 5.58. The number of hydrogen-bond acceptors (Lipinski definition) is 6. The zero-order chi connectivity index (χ0) is 23.9. The van der Waals surface area contributed by atoms with E-state index in [0.29, 0.717) is 5.75 Å². The summed E-state index contributed by atoms with van der Waals surface area (Å²) in [6.07, 6.45) is 1.75. The first-order valence-electron chi connectivity index (χ1n) is 10.9. The van der Waals surface area contributed by atoms with Crippen molar-refractivity contribution >= 4 is 34.5 Å². The maximum Gasteiger partial charge on any atom is 0.327 e. The molecule has 0 aliphatic carbocycles. The summed E-state index contributed by atoms with van der Waals surface area (Å²) in [7, 11) is 0. The molecule has 0 amide bonds. The molecule has 0 unspecified atom stereocenters. The lowest BCUT2D eigenvalue weighted by Crippen LogP contribution is -2.40. The predicted molar refractivity (Wildman–Crippen MR) is 134 cm³/mol. The molecule has 0 radical (unpaired) electrons. The van der Waals surface area contributed by atoms with Gasteiger partial charge < -0.3 is 9.94 Å². The summed E-state index contributed by atoms with van der Waals surface area (Å²) in [5.74, 6) is -0.0964. The molecule has 0 saturated carbocycles. The van der Waals surface area contributed by atoms with Gasteiger partial charge in [-0.05, 0) is 22.8 Å². The van der Waals surface area contributed by atoms with Crippen molar-refractivity contribution in [3.63, 3.8) is 0 Å². The quantitative estimate of drug-likeness (QED) is 0.251.